The Balaban J connectivity index is 1.17. The van der Waals surface area contributed by atoms with Gasteiger partial charge in [-0.2, -0.15) is 0 Å². The van der Waals surface area contributed by atoms with Crippen LogP contribution in [-0.2, 0) is 11.2 Å². The van der Waals surface area contributed by atoms with Crippen LogP contribution in [0.1, 0.15) is 46.8 Å². The van der Waals surface area contributed by atoms with Crippen LogP contribution in [-0.4, -0.2) is 35.6 Å². The van der Waals surface area contributed by atoms with Crippen LogP contribution in [0.3, 0.4) is 0 Å². The van der Waals surface area contributed by atoms with E-state index in [-0.39, 0.29) is 5.78 Å². The van der Waals surface area contributed by atoms with Crippen molar-refractivity contribution in [2.45, 2.75) is 31.6 Å². The Morgan fingerprint density at radius 3 is 2.50 bits per heavy atom. The molecule has 204 valence electrons. The second-order valence-electron chi connectivity index (χ2n) is 9.49. The number of Topliss-reactive ketones (excluding diaryl/α,β-unsaturated/α-hetero) is 1. The van der Waals surface area contributed by atoms with Gasteiger partial charge in [0.15, 0.2) is 5.78 Å². The van der Waals surface area contributed by atoms with Crippen LogP contribution in [0.5, 0.6) is 23.0 Å². The normalized spacial score (nSPS) is 14.1. The number of ketones is 1. The monoisotopic (exact) mass is 557 g/mol. The van der Waals surface area contributed by atoms with E-state index in [4.69, 9.17) is 30.8 Å². The Labute approximate surface area is 237 Å². The molecule has 0 aliphatic carbocycles. The van der Waals surface area contributed by atoms with Gasteiger partial charge in [-0.05, 0) is 86.0 Å². The predicted octanol–water partition coefficient (Wildman–Crippen LogP) is 7.36. The molecule has 7 nitrogen and oxygen atoms in total. The van der Waals surface area contributed by atoms with Crippen molar-refractivity contribution >= 4 is 23.4 Å². The van der Waals surface area contributed by atoms with Crippen LogP contribution < -0.4 is 14.2 Å². The Bertz CT molecular complexity index is 1520. The molecule has 0 saturated carbocycles. The van der Waals surface area contributed by atoms with Crippen LogP contribution in [0.2, 0.25) is 5.02 Å². The smallest absolute Gasteiger partial charge is 0.311 e. The molecule has 1 aliphatic rings. The Morgan fingerprint density at radius 1 is 1.02 bits per heavy atom. The largest absolute Gasteiger partial charge is 0.497 e. The molecular formula is C32H28ClNO6. The van der Waals surface area contributed by atoms with Gasteiger partial charge in [0, 0.05) is 34.9 Å². The lowest BCUT2D eigenvalue weighted by molar-refractivity contribution is -0.139. The van der Waals surface area contributed by atoms with Gasteiger partial charge in [-0.15, -0.1) is 0 Å². The van der Waals surface area contributed by atoms with E-state index >= 15 is 0 Å². The number of hydrogen-bond donors (Lipinski definition) is 1. The summed E-state index contributed by atoms with van der Waals surface area (Å²) in [6, 6.07) is 23.8. The SMILES string of the molecule is COc1ccc(-c2cccc(CCCC(=O)c3ccc(Oc4cc5c(cc4Cl)C(C(=O)O)CCO5)cc3)n2)cc1. The lowest BCUT2D eigenvalue weighted by atomic mass is 9.93. The number of carboxylic acids is 1. The van der Waals surface area contributed by atoms with Crippen LogP contribution in [0, 0.1) is 0 Å². The summed E-state index contributed by atoms with van der Waals surface area (Å²) in [5.74, 6) is 0.581. The number of ether oxygens (including phenoxy) is 3. The van der Waals surface area contributed by atoms with E-state index in [2.05, 4.69) is 0 Å². The maximum atomic E-state index is 12.8. The van der Waals surface area contributed by atoms with Crippen molar-refractivity contribution < 1.29 is 28.9 Å². The fourth-order valence-corrected chi connectivity index (χ4v) is 4.89. The molecule has 4 aromatic rings. The lowest BCUT2D eigenvalue weighted by Crippen LogP contribution is -2.20. The summed E-state index contributed by atoms with van der Waals surface area (Å²) in [5.41, 5.74) is 3.96. The van der Waals surface area contributed by atoms with Gasteiger partial charge in [-0.1, -0.05) is 17.7 Å². The first kappa shape index (κ1) is 27.2. The summed E-state index contributed by atoms with van der Waals surface area (Å²) >= 11 is 6.39. The number of rotatable bonds is 10. The molecule has 8 heteroatoms. The molecule has 1 N–H and O–H groups in total. The van der Waals surface area contributed by atoms with Gasteiger partial charge in [-0.25, -0.2) is 0 Å². The summed E-state index contributed by atoms with van der Waals surface area (Å²) in [6.07, 6.45) is 2.16. The van der Waals surface area contributed by atoms with Crippen molar-refractivity contribution in [2.75, 3.05) is 13.7 Å². The molecule has 0 radical (unpaired) electrons. The first-order chi connectivity index (χ1) is 19.4. The minimum atomic E-state index is -0.909. The number of nitrogens with zero attached hydrogens (tertiary/aromatic N) is 1. The van der Waals surface area contributed by atoms with E-state index < -0.39 is 11.9 Å². The van der Waals surface area contributed by atoms with Crippen molar-refractivity contribution in [3.63, 3.8) is 0 Å². The number of methoxy groups -OCH3 is 1. The fourth-order valence-electron chi connectivity index (χ4n) is 4.68. The van der Waals surface area contributed by atoms with Crippen molar-refractivity contribution in [3.8, 4) is 34.3 Å². The predicted molar refractivity (Wildman–Crippen MR) is 152 cm³/mol. The molecule has 0 saturated heterocycles. The Morgan fingerprint density at radius 2 is 1.77 bits per heavy atom. The van der Waals surface area contributed by atoms with Crippen LogP contribution >= 0.6 is 11.6 Å². The number of fused-ring (bicyclic) bond motifs is 1. The molecule has 1 atom stereocenters. The number of carboxylic acid groups (broad SMARTS) is 1. The topological polar surface area (TPSA) is 95.0 Å². The third kappa shape index (κ3) is 6.26. The lowest BCUT2D eigenvalue weighted by Gasteiger charge is -2.24. The first-order valence-electron chi connectivity index (χ1n) is 13.0. The van der Waals surface area contributed by atoms with Gasteiger partial charge in [-0.3, -0.25) is 14.6 Å². The third-order valence-corrected chi connectivity index (χ3v) is 7.13. The molecule has 5 rings (SSSR count). The molecule has 2 heterocycles. The maximum Gasteiger partial charge on any atom is 0.311 e. The molecule has 0 fully saturated rings. The number of aliphatic carboxylic acids is 1. The highest BCUT2D eigenvalue weighted by atomic mass is 35.5. The summed E-state index contributed by atoms with van der Waals surface area (Å²) in [7, 11) is 1.64. The van der Waals surface area contributed by atoms with Crippen molar-refractivity contribution in [2.24, 2.45) is 0 Å². The number of halogens is 1. The fraction of sp³-hybridized carbons (Fsp3) is 0.219. The number of pyridine rings is 1. The zero-order valence-electron chi connectivity index (χ0n) is 21.9. The van der Waals surface area contributed by atoms with Crippen LogP contribution in [0.25, 0.3) is 11.3 Å². The molecule has 0 spiro atoms. The average molecular weight is 558 g/mol. The summed E-state index contributed by atoms with van der Waals surface area (Å²) in [5, 5.41) is 9.76. The second-order valence-corrected chi connectivity index (χ2v) is 9.90. The van der Waals surface area contributed by atoms with E-state index in [1.807, 2.05) is 42.5 Å². The minimum Gasteiger partial charge on any atom is -0.497 e. The molecule has 40 heavy (non-hydrogen) atoms. The second kappa shape index (κ2) is 12.2. The third-order valence-electron chi connectivity index (χ3n) is 6.84. The summed E-state index contributed by atoms with van der Waals surface area (Å²) < 4.78 is 16.8. The highest BCUT2D eigenvalue weighted by Crippen LogP contribution is 2.41. The number of benzene rings is 3. The Hall–Kier alpha value is -4.36. The molecule has 1 unspecified atom stereocenters. The zero-order valence-corrected chi connectivity index (χ0v) is 22.7. The van der Waals surface area contributed by atoms with E-state index in [1.54, 1.807) is 43.5 Å². The number of carbonyl (C=O) groups is 2. The van der Waals surface area contributed by atoms with E-state index in [0.717, 1.165) is 22.7 Å². The maximum absolute atomic E-state index is 12.8. The zero-order chi connectivity index (χ0) is 28.1. The molecule has 0 amide bonds. The highest BCUT2D eigenvalue weighted by molar-refractivity contribution is 6.32. The number of aromatic nitrogens is 1. The number of aryl methyl sites for hydroxylation is 1. The highest BCUT2D eigenvalue weighted by Gasteiger charge is 2.29. The van der Waals surface area contributed by atoms with Crippen molar-refractivity contribution in [1.29, 1.82) is 0 Å². The van der Waals surface area contributed by atoms with Gasteiger partial charge in [0.1, 0.15) is 23.0 Å². The molecule has 0 bridgehead atoms. The van der Waals surface area contributed by atoms with Gasteiger partial charge >= 0.3 is 5.97 Å². The molecule has 1 aromatic heterocycles. The molecule has 3 aromatic carbocycles. The van der Waals surface area contributed by atoms with Crippen LogP contribution in [0.4, 0.5) is 0 Å². The van der Waals surface area contributed by atoms with Gasteiger partial charge in [0.25, 0.3) is 0 Å². The van der Waals surface area contributed by atoms with Gasteiger partial charge in [0.05, 0.1) is 30.4 Å². The van der Waals surface area contributed by atoms with Crippen molar-refractivity contribution in [1.82, 2.24) is 4.98 Å². The quantitative estimate of drug-likeness (QED) is 0.203. The minimum absolute atomic E-state index is 0.0396. The van der Waals surface area contributed by atoms with Crippen LogP contribution in [0.15, 0.2) is 78.9 Å². The number of hydrogen-bond acceptors (Lipinski definition) is 6. The number of carbonyl (C=O) groups excluding carboxylic acids is 1. The molecule has 1 aliphatic heterocycles. The molecular weight excluding hydrogens is 530 g/mol. The summed E-state index contributed by atoms with van der Waals surface area (Å²) in [4.78, 5) is 29.1. The summed E-state index contributed by atoms with van der Waals surface area (Å²) in [6.45, 7) is 0.312. The van der Waals surface area contributed by atoms with Gasteiger partial charge in [0.2, 0.25) is 0 Å². The van der Waals surface area contributed by atoms with E-state index in [1.165, 1.54) is 0 Å². The van der Waals surface area contributed by atoms with E-state index in [9.17, 15) is 14.7 Å². The van der Waals surface area contributed by atoms with E-state index in [0.29, 0.717) is 65.7 Å². The Kier molecular flexibility index (Phi) is 8.31. The average Bonchev–Trinajstić information content (AvgIpc) is 2.97. The van der Waals surface area contributed by atoms with Crippen molar-refractivity contribution in [3.05, 3.63) is 101 Å². The first-order valence-corrected chi connectivity index (χ1v) is 13.4. The van der Waals surface area contributed by atoms with Gasteiger partial charge < -0.3 is 19.3 Å². The standard InChI is InChI=1S/C32H28ClNO6/c1-38-23-12-8-20(9-13-23)28-6-2-4-22(34-28)5-3-7-29(35)21-10-14-24(15-11-21)40-31-19-30-26(18-27(31)33)25(32(36)37)16-17-39-30/h2,4,6,8-15,18-19,25H,3,5,7,16-17H2,1H3,(H,36,37).